The van der Waals surface area contributed by atoms with Gasteiger partial charge in [0.25, 0.3) is 0 Å². The van der Waals surface area contributed by atoms with Crippen LogP contribution in [0.3, 0.4) is 0 Å². The van der Waals surface area contributed by atoms with E-state index in [0.717, 1.165) is 37.7 Å². The molecule has 3 nitrogen and oxygen atoms in total. The molecule has 1 N–H and O–H groups in total. The van der Waals surface area contributed by atoms with Gasteiger partial charge in [0.2, 0.25) is 0 Å². The van der Waals surface area contributed by atoms with Crippen molar-refractivity contribution < 1.29 is 9.84 Å². The predicted octanol–water partition coefficient (Wildman–Crippen LogP) is 2.86. The van der Waals surface area contributed by atoms with Crippen molar-refractivity contribution in [2.24, 2.45) is 5.92 Å². The topological polar surface area (TPSA) is 32.7 Å². The average molecular weight is 277 g/mol. The number of rotatable bonds is 9. The van der Waals surface area contributed by atoms with Crippen molar-refractivity contribution in [3.8, 4) is 5.75 Å². The minimum absolute atomic E-state index is 0.369. The van der Waals surface area contributed by atoms with Gasteiger partial charge in [0.05, 0.1) is 0 Å². The van der Waals surface area contributed by atoms with Crippen LogP contribution in [0.5, 0.6) is 5.75 Å². The van der Waals surface area contributed by atoms with Crippen molar-refractivity contribution in [2.75, 3.05) is 26.2 Å². The molecule has 0 aromatic heterocycles. The third kappa shape index (κ3) is 5.51. The van der Waals surface area contributed by atoms with Crippen LogP contribution < -0.4 is 4.74 Å². The highest BCUT2D eigenvalue weighted by Crippen LogP contribution is 2.29. The summed E-state index contributed by atoms with van der Waals surface area (Å²) in [5.41, 5.74) is 1.18. The third-order valence-electron chi connectivity index (χ3n) is 3.65. The van der Waals surface area contributed by atoms with Crippen LogP contribution in [0, 0.1) is 12.8 Å². The van der Waals surface area contributed by atoms with E-state index < -0.39 is 6.10 Å². The Bertz CT molecular complexity index is 404. The highest BCUT2D eigenvalue weighted by atomic mass is 16.5. The Morgan fingerprint density at radius 2 is 2.20 bits per heavy atom. The minimum atomic E-state index is -0.416. The molecule has 1 aromatic rings. The average Bonchev–Trinajstić information content (AvgIpc) is 3.21. The SMILES string of the molecule is CCCN(CC(O)COc1cccc(C)c1)CC1CC1. The molecule has 1 atom stereocenters. The van der Waals surface area contributed by atoms with E-state index in [2.05, 4.69) is 11.8 Å². The Kier molecular flexibility index (Phi) is 5.86. The fourth-order valence-electron chi connectivity index (χ4n) is 2.49. The maximum absolute atomic E-state index is 10.1. The van der Waals surface area contributed by atoms with Crippen LogP contribution in [0.25, 0.3) is 0 Å². The molecule has 1 aromatic carbocycles. The molecule has 20 heavy (non-hydrogen) atoms. The number of aliphatic hydroxyl groups excluding tert-OH is 1. The molecule has 0 amide bonds. The van der Waals surface area contributed by atoms with Gasteiger partial charge in [-0.3, -0.25) is 0 Å². The monoisotopic (exact) mass is 277 g/mol. The lowest BCUT2D eigenvalue weighted by atomic mass is 10.2. The van der Waals surface area contributed by atoms with Crippen LogP contribution in [0.2, 0.25) is 0 Å². The lowest BCUT2D eigenvalue weighted by molar-refractivity contribution is 0.0665. The van der Waals surface area contributed by atoms with Crippen LogP contribution >= 0.6 is 0 Å². The largest absolute Gasteiger partial charge is 0.491 e. The molecule has 0 radical (unpaired) electrons. The normalized spacial score (nSPS) is 16.4. The second-order valence-corrected chi connectivity index (χ2v) is 5.98. The first-order chi connectivity index (χ1) is 9.67. The molecule has 0 spiro atoms. The van der Waals surface area contributed by atoms with Gasteiger partial charge in [-0.25, -0.2) is 0 Å². The molecule has 1 fully saturated rings. The number of hydrogen-bond donors (Lipinski definition) is 1. The lowest BCUT2D eigenvalue weighted by Gasteiger charge is -2.24. The Labute approximate surface area is 122 Å². The molecule has 1 aliphatic carbocycles. The highest BCUT2D eigenvalue weighted by molar-refractivity contribution is 5.27. The van der Waals surface area contributed by atoms with Crippen molar-refractivity contribution in [3.05, 3.63) is 29.8 Å². The van der Waals surface area contributed by atoms with Crippen LogP contribution in [0.1, 0.15) is 31.7 Å². The van der Waals surface area contributed by atoms with Gasteiger partial charge in [0.1, 0.15) is 18.5 Å². The zero-order valence-corrected chi connectivity index (χ0v) is 12.7. The second kappa shape index (κ2) is 7.65. The van der Waals surface area contributed by atoms with Crippen LogP contribution in [-0.4, -0.2) is 42.4 Å². The molecule has 1 aliphatic rings. The van der Waals surface area contributed by atoms with Gasteiger partial charge >= 0.3 is 0 Å². The van der Waals surface area contributed by atoms with Crippen LogP contribution in [-0.2, 0) is 0 Å². The zero-order chi connectivity index (χ0) is 14.4. The maximum atomic E-state index is 10.1. The van der Waals surface area contributed by atoms with Gasteiger partial charge in [-0.2, -0.15) is 0 Å². The van der Waals surface area contributed by atoms with Gasteiger partial charge in [0.15, 0.2) is 0 Å². The number of aryl methyl sites for hydroxylation is 1. The number of ether oxygens (including phenoxy) is 1. The molecule has 1 saturated carbocycles. The molecule has 0 saturated heterocycles. The Balaban J connectivity index is 1.73. The predicted molar refractivity (Wildman–Crippen MR) is 82.1 cm³/mol. The van der Waals surface area contributed by atoms with Crippen molar-refractivity contribution in [3.63, 3.8) is 0 Å². The van der Waals surface area contributed by atoms with E-state index in [-0.39, 0.29) is 0 Å². The van der Waals surface area contributed by atoms with Gasteiger partial charge in [0, 0.05) is 13.1 Å². The van der Waals surface area contributed by atoms with E-state index in [1.54, 1.807) is 0 Å². The zero-order valence-electron chi connectivity index (χ0n) is 12.7. The van der Waals surface area contributed by atoms with E-state index in [1.807, 2.05) is 31.2 Å². The molecule has 3 heteroatoms. The number of nitrogens with zero attached hydrogens (tertiary/aromatic N) is 1. The van der Waals surface area contributed by atoms with Crippen molar-refractivity contribution in [1.82, 2.24) is 4.90 Å². The summed E-state index contributed by atoms with van der Waals surface area (Å²) in [5.74, 6) is 1.71. The first-order valence-corrected chi connectivity index (χ1v) is 7.77. The first kappa shape index (κ1) is 15.3. The van der Waals surface area contributed by atoms with E-state index in [1.165, 1.54) is 18.4 Å². The molecule has 2 rings (SSSR count). The Morgan fingerprint density at radius 1 is 1.40 bits per heavy atom. The quantitative estimate of drug-likeness (QED) is 0.753. The molecule has 112 valence electrons. The minimum Gasteiger partial charge on any atom is -0.491 e. The maximum Gasteiger partial charge on any atom is 0.119 e. The standard InChI is InChI=1S/C17H27NO2/c1-3-9-18(11-15-7-8-15)12-16(19)13-20-17-6-4-5-14(2)10-17/h4-6,10,15-16,19H,3,7-9,11-13H2,1-2H3. The van der Waals surface area contributed by atoms with Gasteiger partial charge in [-0.05, 0) is 56.3 Å². The molecule has 1 unspecified atom stereocenters. The summed E-state index contributed by atoms with van der Waals surface area (Å²) in [7, 11) is 0. The van der Waals surface area contributed by atoms with Crippen LogP contribution in [0.4, 0.5) is 0 Å². The van der Waals surface area contributed by atoms with E-state index in [9.17, 15) is 5.11 Å². The molecule has 0 bridgehead atoms. The van der Waals surface area contributed by atoms with Crippen molar-refractivity contribution in [1.29, 1.82) is 0 Å². The molecule has 0 aliphatic heterocycles. The van der Waals surface area contributed by atoms with Gasteiger partial charge in [-0.1, -0.05) is 19.1 Å². The number of benzene rings is 1. The summed E-state index contributed by atoms with van der Waals surface area (Å²) < 4.78 is 5.67. The lowest BCUT2D eigenvalue weighted by Crippen LogP contribution is -2.37. The smallest absolute Gasteiger partial charge is 0.119 e. The Morgan fingerprint density at radius 3 is 2.85 bits per heavy atom. The molecule has 0 heterocycles. The van der Waals surface area contributed by atoms with E-state index >= 15 is 0 Å². The van der Waals surface area contributed by atoms with Crippen molar-refractivity contribution in [2.45, 2.75) is 39.2 Å². The highest BCUT2D eigenvalue weighted by Gasteiger charge is 2.24. The molecular weight excluding hydrogens is 250 g/mol. The Hall–Kier alpha value is -1.06. The number of hydrogen-bond acceptors (Lipinski definition) is 3. The summed E-state index contributed by atoms with van der Waals surface area (Å²) in [6, 6.07) is 7.96. The second-order valence-electron chi connectivity index (χ2n) is 5.98. The van der Waals surface area contributed by atoms with E-state index in [4.69, 9.17) is 4.74 Å². The summed E-state index contributed by atoms with van der Waals surface area (Å²) in [6.45, 7) is 7.52. The summed E-state index contributed by atoms with van der Waals surface area (Å²) in [6.07, 6.45) is 3.44. The van der Waals surface area contributed by atoms with Crippen LogP contribution in [0.15, 0.2) is 24.3 Å². The summed E-state index contributed by atoms with van der Waals surface area (Å²) in [4.78, 5) is 2.38. The van der Waals surface area contributed by atoms with Gasteiger partial charge < -0.3 is 14.7 Å². The summed E-state index contributed by atoms with van der Waals surface area (Å²) in [5, 5.41) is 10.1. The van der Waals surface area contributed by atoms with Crippen molar-refractivity contribution >= 4 is 0 Å². The number of aliphatic hydroxyl groups is 1. The summed E-state index contributed by atoms with van der Waals surface area (Å²) >= 11 is 0. The van der Waals surface area contributed by atoms with E-state index in [0.29, 0.717) is 6.61 Å². The first-order valence-electron chi connectivity index (χ1n) is 7.77. The fraction of sp³-hybridized carbons (Fsp3) is 0.647. The fourth-order valence-corrected chi connectivity index (χ4v) is 2.49. The molecular formula is C17H27NO2. The third-order valence-corrected chi connectivity index (χ3v) is 3.65. The van der Waals surface area contributed by atoms with Gasteiger partial charge in [-0.15, -0.1) is 0 Å².